The van der Waals surface area contributed by atoms with Gasteiger partial charge in [-0.1, -0.05) is 23.5 Å². The Morgan fingerprint density at radius 1 is 1.10 bits per heavy atom. The number of fused-ring (bicyclic) bond motifs is 1. The highest BCUT2D eigenvalue weighted by Gasteiger charge is 2.53. The van der Waals surface area contributed by atoms with Gasteiger partial charge >= 0.3 is 0 Å². The van der Waals surface area contributed by atoms with Crippen LogP contribution in [0.5, 0.6) is 0 Å². The number of benzene rings is 1. The maximum Gasteiger partial charge on any atom is 0.258 e. The molecule has 2 N–H and O–H groups in total. The zero-order chi connectivity index (χ0) is 21.0. The van der Waals surface area contributed by atoms with E-state index in [2.05, 4.69) is 25.5 Å². The Morgan fingerprint density at radius 3 is 2.55 bits per heavy atom. The second-order valence-electron chi connectivity index (χ2n) is 9.69. The SMILES string of the molecule is O=C(CCc1nc2ccccc2c(=O)[nH]1)Nc1nnc(C23CC4CC(CC(C4)C2)C3)s1. The van der Waals surface area contributed by atoms with Crippen LogP contribution in [0.4, 0.5) is 5.13 Å². The largest absolute Gasteiger partial charge is 0.310 e. The Kier molecular flexibility index (Phi) is 4.45. The Morgan fingerprint density at radius 2 is 1.81 bits per heavy atom. The maximum atomic E-state index is 12.5. The molecule has 1 aromatic carbocycles. The van der Waals surface area contributed by atoms with Crippen molar-refractivity contribution in [2.75, 3.05) is 5.32 Å². The zero-order valence-corrected chi connectivity index (χ0v) is 18.1. The summed E-state index contributed by atoms with van der Waals surface area (Å²) in [6, 6.07) is 7.21. The number of amides is 1. The average molecular weight is 436 g/mol. The summed E-state index contributed by atoms with van der Waals surface area (Å²) in [5.41, 5.74) is 0.667. The van der Waals surface area contributed by atoms with Gasteiger partial charge in [-0.2, -0.15) is 0 Å². The molecule has 4 bridgehead atoms. The highest BCUT2D eigenvalue weighted by Crippen LogP contribution is 2.61. The highest BCUT2D eigenvalue weighted by molar-refractivity contribution is 7.15. The van der Waals surface area contributed by atoms with Gasteiger partial charge in [0.2, 0.25) is 11.0 Å². The van der Waals surface area contributed by atoms with Gasteiger partial charge in [0.1, 0.15) is 10.8 Å². The molecule has 160 valence electrons. The first-order chi connectivity index (χ1) is 15.1. The Balaban J connectivity index is 1.12. The van der Waals surface area contributed by atoms with Crippen molar-refractivity contribution in [1.82, 2.24) is 20.2 Å². The molecule has 4 saturated carbocycles. The Labute approximate surface area is 183 Å². The van der Waals surface area contributed by atoms with Crippen LogP contribution in [0, 0.1) is 17.8 Å². The fraction of sp³-hybridized carbons (Fsp3) is 0.522. The maximum absolute atomic E-state index is 12.5. The molecule has 4 aliphatic rings. The molecule has 4 fully saturated rings. The molecule has 7 rings (SSSR count). The molecular weight excluding hydrogens is 410 g/mol. The van der Waals surface area contributed by atoms with Crippen LogP contribution in [0.1, 0.15) is 55.8 Å². The van der Waals surface area contributed by atoms with Crippen molar-refractivity contribution in [2.24, 2.45) is 17.8 Å². The Bertz CT molecular complexity index is 1180. The van der Waals surface area contributed by atoms with Gasteiger partial charge in [-0.25, -0.2) is 4.98 Å². The number of hydrogen-bond donors (Lipinski definition) is 2. The zero-order valence-electron chi connectivity index (χ0n) is 17.3. The van der Waals surface area contributed by atoms with Crippen LogP contribution in [0.3, 0.4) is 0 Å². The van der Waals surface area contributed by atoms with Crippen LogP contribution in [0.25, 0.3) is 10.9 Å². The fourth-order valence-corrected chi connectivity index (χ4v) is 7.51. The first-order valence-electron chi connectivity index (χ1n) is 11.2. The number of aryl methyl sites for hydroxylation is 1. The fourth-order valence-electron chi connectivity index (χ4n) is 6.53. The summed E-state index contributed by atoms with van der Waals surface area (Å²) in [6.07, 6.45) is 8.50. The molecule has 0 radical (unpaired) electrons. The van der Waals surface area contributed by atoms with Crippen LogP contribution in [0.2, 0.25) is 0 Å². The van der Waals surface area contributed by atoms with Crippen LogP contribution in [-0.4, -0.2) is 26.1 Å². The highest BCUT2D eigenvalue weighted by atomic mass is 32.1. The predicted octanol–water partition coefficient (Wildman–Crippen LogP) is 3.81. The van der Waals surface area contributed by atoms with E-state index in [1.54, 1.807) is 23.5 Å². The second kappa shape index (κ2) is 7.22. The lowest BCUT2D eigenvalue weighted by Crippen LogP contribution is -2.48. The quantitative estimate of drug-likeness (QED) is 0.635. The summed E-state index contributed by atoms with van der Waals surface area (Å²) in [7, 11) is 0. The van der Waals surface area contributed by atoms with Gasteiger partial charge in [0.15, 0.2) is 0 Å². The van der Waals surface area contributed by atoms with Gasteiger partial charge in [0, 0.05) is 18.3 Å². The van der Waals surface area contributed by atoms with E-state index in [1.807, 2.05) is 12.1 Å². The number of aromatic nitrogens is 4. The minimum absolute atomic E-state index is 0.135. The lowest BCUT2D eigenvalue weighted by molar-refractivity contribution is -0.116. The third-order valence-corrected chi connectivity index (χ3v) is 8.50. The number of carbonyl (C=O) groups excluding carboxylic acids is 1. The van der Waals surface area contributed by atoms with Gasteiger partial charge in [-0.15, -0.1) is 10.2 Å². The summed E-state index contributed by atoms with van der Waals surface area (Å²) in [5, 5.41) is 14.0. The summed E-state index contributed by atoms with van der Waals surface area (Å²) in [5.74, 6) is 2.94. The van der Waals surface area contributed by atoms with Gasteiger partial charge in [0.25, 0.3) is 5.56 Å². The number of carbonyl (C=O) groups is 1. The van der Waals surface area contributed by atoms with Crippen molar-refractivity contribution in [3.05, 3.63) is 45.5 Å². The van der Waals surface area contributed by atoms with Crippen molar-refractivity contribution < 1.29 is 4.79 Å². The Hall–Kier alpha value is -2.61. The first-order valence-corrected chi connectivity index (χ1v) is 12.0. The van der Waals surface area contributed by atoms with Crippen molar-refractivity contribution in [3.63, 3.8) is 0 Å². The van der Waals surface area contributed by atoms with Gasteiger partial charge in [-0.05, 0) is 68.4 Å². The molecular formula is C23H25N5O2S. The number of H-pyrrole nitrogens is 1. The average Bonchev–Trinajstić information content (AvgIpc) is 3.21. The van der Waals surface area contributed by atoms with Crippen LogP contribution < -0.4 is 10.9 Å². The number of nitrogens with one attached hydrogen (secondary N) is 2. The minimum atomic E-state index is -0.176. The minimum Gasteiger partial charge on any atom is -0.310 e. The third-order valence-electron chi connectivity index (χ3n) is 7.41. The van der Waals surface area contributed by atoms with Crippen molar-refractivity contribution in [3.8, 4) is 0 Å². The van der Waals surface area contributed by atoms with Crippen LogP contribution >= 0.6 is 11.3 Å². The molecule has 31 heavy (non-hydrogen) atoms. The van der Waals surface area contributed by atoms with E-state index < -0.39 is 0 Å². The lowest BCUT2D eigenvalue weighted by Gasteiger charge is -2.55. The second-order valence-corrected chi connectivity index (χ2v) is 10.7. The van der Waals surface area contributed by atoms with Crippen molar-refractivity contribution >= 4 is 33.3 Å². The molecule has 0 atom stereocenters. The summed E-state index contributed by atoms with van der Waals surface area (Å²) >= 11 is 1.55. The number of hydrogen-bond acceptors (Lipinski definition) is 6. The molecule has 0 saturated heterocycles. The number of nitrogens with zero attached hydrogens (tertiary/aromatic N) is 3. The molecule has 2 aromatic heterocycles. The molecule has 4 aliphatic carbocycles. The summed E-state index contributed by atoms with van der Waals surface area (Å²) in [6.45, 7) is 0. The van der Waals surface area contributed by atoms with E-state index >= 15 is 0 Å². The number of para-hydroxylation sites is 1. The van der Waals surface area contributed by atoms with E-state index in [0.717, 1.165) is 22.8 Å². The van der Waals surface area contributed by atoms with E-state index in [0.29, 0.717) is 28.3 Å². The van der Waals surface area contributed by atoms with E-state index in [1.165, 1.54) is 38.5 Å². The first kappa shape index (κ1) is 19.1. The monoisotopic (exact) mass is 435 g/mol. The predicted molar refractivity (Wildman–Crippen MR) is 119 cm³/mol. The molecule has 7 nitrogen and oxygen atoms in total. The molecule has 0 unspecified atom stereocenters. The van der Waals surface area contributed by atoms with Gasteiger partial charge < -0.3 is 10.3 Å². The molecule has 2 heterocycles. The molecule has 0 aliphatic heterocycles. The normalized spacial score (nSPS) is 28.8. The van der Waals surface area contributed by atoms with Crippen molar-refractivity contribution in [1.29, 1.82) is 0 Å². The van der Waals surface area contributed by atoms with E-state index in [-0.39, 0.29) is 23.3 Å². The number of aromatic amines is 1. The topological polar surface area (TPSA) is 101 Å². The number of rotatable bonds is 5. The molecule has 3 aromatic rings. The van der Waals surface area contributed by atoms with Crippen molar-refractivity contribution in [2.45, 2.75) is 56.8 Å². The summed E-state index contributed by atoms with van der Waals surface area (Å²) in [4.78, 5) is 31.9. The van der Waals surface area contributed by atoms with Gasteiger partial charge in [-0.3, -0.25) is 9.59 Å². The smallest absolute Gasteiger partial charge is 0.258 e. The van der Waals surface area contributed by atoms with Gasteiger partial charge in [0.05, 0.1) is 10.9 Å². The van der Waals surface area contributed by atoms with E-state index in [9.17, 15) is 9.59 Å². The number of anilines is 1. The molecule has 0 spiro atoms. The third kappa shape index (κ3) is 3.46. The lowest BCUT2D eigenvalue weighted by atomic mass is 9.50. The van der Waals surface area contributed by atoms with Crippen LogP contribution in [-0.2, 0) is 16.6 Å². The molecule has 1 amide bonds. The van der Waals surface area contributed by atoms with E-state index in [4.69, 9.17) is 0 Å². The molecule has 8 heteroatoms. The standard InChI is InChI=1S/C23H25N5O2S/c29-19(6-5-18-24-17-4-2-1-3-16(17)20(30)25-18)26-22-28-27-21(31-22)23-10-13-7-14(11-23)9-15(8-13)12-23/h1-4,13-15H,5-12H2,(H,24,25,30)(H,26,28,29). The summed E-state index contributed by atoms with van der Waals surface area (Å²) < 4.78 is 0. The van der Waals surface area contributed by atoms with Crippen LogP contribution in [0.15, 0.2) is 29.1 Å².